The van der Waals surface area contributed by atoms with Gasteiger partial charge in [-0.15, -0.1) is 0 Å². The van der Waals surface area contributed by atoms with Crippen molar-refractivity contribution in [3.8, 4) is 11.4 Å². The van der Waals surface area contributed by atoms with E-state index in [2.05, 4.69) is 10.1 Å². The van der Waals surface area contributed by atoms with E-state index in [-0.39, 0.29) is 18.0 Å². The van der Waals surface area contributed by atoms with Gasteiger partial charge in [0.25, 0.3) is 0 Å². The van der Waals surface area contributed by atoms with E-state index in [9.17, 15) is 8.42 Å². The lowest BCUT2D eigenvalue weighted by Gasteiger charge is -2.21. The summed E-state index contributed by atoms with van der Waals surface area (Å²) in [7, 11) is -3.68. The molecule has 0 N–H and O–H groups in total. The van der Waals surface area contributed by atoms with Crippen LogP contribution in [0.25, 0.3) is 11.4 Å². The monoisotopic (exact) mass is 433 g/mol. The zero-order valence-corrected chi connectivity index (χ0v) is 18.0. The molecule has 31 heavy (non-hydrogen) atoms. The highest BCUT2D eigenvalue weighted by Crippen LogP contribution is 2.20. The maximum absolute atomic E-state index is 13.3. The van der Waals surface area contributed by atoms with Gasteiger partial charge in [0.2, 0.25) is 21.7 Å². The highest BCUT2D eigenvalue weighted by Gasteiger charge is 2.25. The minimum absolute atomic E-state index is 0.224. The number of nitrogens with zero attached hydrogens (tertiary/aromatic N) is 3. The predicted molar refractivity (Wildman–Crippen MR) is 119 cm³/mol. The first-order chi connectivity index (χ1) is 15.0. The molecule has 0 atom stereocenters. The zero-order chi connectivity index (χ0) is 21.7. The lowest BCUT2D eigenvalue weighted by Crippen LogP contribution is -2.32. The van der Waals surface area contributed by atoms with Crippen LogP contribution in [0, 0.1) is 6.92 Å². The van der Waals surface area contributed by atoms with Crippen molar-refractivity contribution in [3.63, 3.8) is 0 Å². The summed E-state index contributed by atoms with van der Waals surface area (Å²) in [4.78, 5) is 4.71. The molecular formula is C24H23N3O3S. The third-order valence-electron chi connectivity index (χ3n) is 4.94. The van der Waals surface area contributed by atoms with Crippen LogP contribution >= 0.6 is 0 Å². The van der Waals surface area contributed by atoms with Crippen LogP contribution in [0.5, 0.6) is 0 Å². The normalized spacial score (nSPS) is 11.7. The van der Waals surface area contributed by atoms with Crippen LogP contribution in [0.3, 0.4) is 0 Å². The fraction of sp³-hybridized carbons (Fsp3) is 0.167. The molecule has 158 valence electrons. The summed E-state index contributed by atoms with van der Waals surface area (Å²) in [5, 5.41) is 4.04. The Kier molecular flexibility index (Phi) is 6.25. The standard InChI is InChI=1S/C24H23N3O3S/c1-19-12-14-21(15-13-19)24-25-23(30-26-24)16-17-27(18-20-8-4-2-5-9-20)31(28,29)22-10-6-3-7-11-22/h2-15H,16-18H2,1H3. The van der Waals surface area contributed by atoms with Gasteiger partial charge < -0.3 is 4.52 Å². The van der Waals surface area contributed by atoms with Gasteiger partial charge in [0, 0.05) is 25.1 Å². The third-order valence-corrected chi connectivity index (χ3v) is 6.80. The van der Waals surface area contributed by atoms with Gasteiger partial charge in [-0.2, -0.15) is 9.29 Å². The molecular weight excluding hydrogens is 410 g/mol. The molecule has 1 heterocycles. The Morgan fingerprint density at radius 1 is 0.871 bits per heavy atom. The van der Waals surface area contributed by atoms with E-state index in [1.54, 1.807) is 30.3 Å². The molecule has 0 bridgehead atoms. The summed E-state index contributed by atoms with van der Waals surface area (Å²) in [6.07, 6.45) is 0.317. The van der Waals surface area contributed by atoms with Gasteiger partial charge in [0.1, 0.15) is 0 Å². The second-order valence-electron chi connectivity index (χ2n) is 7.26. The van der Waals surface area contributed by atoms with Gasteiger partial charge in [0.05, 0.1) is 4.90 Å². The van der Waals surface area contributed by atoms with E-state index in [0.717, 1.165) is 16.7 Å². The molecule has 0 aliphatic rings. The van der Waals surface area contributed by atoms with E-state index < -0.39 is 10.0 Å². The molecule has 4 aromatic rings. The molecule has 0 aliphatic carbocycles. The lowest BCUT2D eigenvalue weighted by atomic mass is 10.1. The average molecular weight is 434 g/mol. The number of aromatic nitrogens is 2. The van der Waals surface area contributed by atoms with Crippen LogP contribution in [-0.4, -0.2) is 29.4 Å². The van der Waals surface area contributed by atoms with Crippen molar-refractivity contribution < 1.29 is 12.9 Å². The maximum Gasteiger partial charge on any atom is 0.243 e. The number of benzene rings is 3. The fourth-order valence-corrected chi connectivity index (χ4v) is 4.66. The Hall–Kier alpha value is -3.29. The maximum atomic E-state index is 13.3. The molecule has 6 nitrogen and oxygen atoms in total. The Balaban J connectivity index is 1.54. The van der Waals surface area contributed by atoms with E-state index in [4.69, 9.17) is 4.52 Å². The van der Waals surface area contributed by atoms with E-state index >= 15 is 0 Å². The van der Waals surface area contributed by atoms with E-state index in [1.807, 2.05) is 61.5 Å². The molecule has 0 saturated heterocycles. The molecule has 0 saturated carbocycles. The summed E-state index contributed by atoms with van der Waals surface area (Å²) < 4.78 is 33.4. The Morgan fingerprint density at radius 3 is 2.19 bits per heavy atom. The molecule has 0 amide bonds. The van der Waals surface area contributed by atoms with E-state index in [1.165, 1.54) is 4.31 Å². The van der Waals surface area contributed by atoms with Crippen LogP contribution in [0.2, 0.25) is 0 Å². The summed E-state index contributed by atoms with van der Waals surface area (Å²) in [5.41, 5.74) is 2.92. The Morgan fingerprint density at radius 2 is 1.52 bits per heavy atom. The molecule has 1 aromatic heterocycles. The SMILES string of the molecule is Cc1ccc(-c2noc(CCN(Cc3ccccc3)S(=O)(=O)c3ccccc3)n2)cc1. The first-order valence-electron chi connectivity index (χ1n) is 10.0. The molecule has 7 heteroatoms. The highest BCUT2D eigenvalue weighted by molar-refractivity contribution is 7.89. The third kappa shape index (κ3) is 5.07. The lowest BCUT2D eigenvalue weighted by molar-refractivity contribution is 0.349. The molecule has 0 spiro atoms. The van der Waals surface area contributed by atoms with Crippen LogP contribution in [-0.2, 0) is 23.0 Å². The Bertz CT molecular complexity index is 1220. The molecule has 0 aliphatic heterocycles. The molecule has 4 rings (SSSR count). The smallest absolute Gasteiger partial charge is 0.243 e. The van der Waals surface area contributed by atoms with Crippen molar-refractivity contribution >= 4 is 10.0 Å². The summed E-state index contributed by atoms with van der Waals surface area (Å²) in [5.74, 6) is 0.896. The fourth-order valence-electron chi connectivity index (χ4n) is 3.21. The van der Waals surface area contributed by atoms with Crippen LogP contribution in [0.1, 0.15) is 17.0 Å². The number of aryl methyl sites for hydroxylation is 1. The van der Waals surface area contributed by atoms with Crippen molar-refractivity contribution in [2.45, 2.75) is 24.8 Å². The predicted octanol–water partition coefficient (Wildman–Crippen LogP) is 4.48. The minimum atomic E-state index is -3.68. The molecule has 3 aromatic carbocycles. The van der Waals surface area contributed by atoms with Crippen LogP contribution < -0.4 is 0 Å². The van der Waals surface area contributed by atoms with Gasteiger partial charge in [-0.25, -0.2) is 8.42 Å². The van der Waals surface area contributed by atoms with Crippen molar-refractivity contribution in [2.75, 3.05) is 6.54 Å². The minimum Gasteiger partial charge on any atom is -0.339 e. The average Bonchev–Trinajstić information content (AvgIpc) is 3.27. The quantitative estimate of drug-likeness (QED) is 0.410. The van der Waals surface area contributed by atoms with Crippen molar-refractivity contribution in [1.29, 1.82) is 0 Å². The largest absolute Gasteiger partial charge is 0.339 e. The van der Waals surface area contributed by atoms with Crippen LogP contribution in [0.4, 0.5) is 0 Å². The number of hydrogen-bond donors (Lipinski definition) is 0. The van der Waals surface area contributed by atoms with Crippen LogP contribution in [0.15, 0.2) is 94.3 Å². The van der Waals surface area contributed by atoms with Gasteiger partial charge in [-0.05, 0) is 24.6 Å². The second kappa shape index (κ2) is 9.24. The zero-order valence-electron chi connectivity index (χ0n) is 17.2. The molecule has 0 fully saturated rings. The number of rotatable bonds is 8. The number of hydrogen-bond acceptors (Lipinski definition) is 5. The van der Waals surface area contributed by atoms with Gasteiger partial charge in [-0.3, -0.25) is 0 Å². The molecule has 0 radical (unpaired) electrons. The van der Waals surface area contributed by atoms with Gasteiger partial charge >= 0.3 is 0 Å². The van der Waals surface area contributed by atoms with Crippen molar-refractivity contribution in [1.82, 2.24) is 14.4 Å². The van der Waals surface area contributed by atoms with Gasteiger partial charge in [-0.1, -0.05) is 83.5 Å². The molecule has 0 unspecified atom stereocenters. The topological polar surface area (TPSA) is 76.3 Å². The van der Waals surface area contributed by atoms with E-state index in [0.29, 0.717) is 18.1 Å². The first-order valence-corrected chi connectivity index (χ1v) is 11.4. The number of sulfonamides is 1. The summed E-state index contributed by atoms with van der Waals surface area (Å²) >= 11 is 0. The Labute approximate surface area is 182 Å². The summed E-state index contributed by atoms with van der Waals surface area (Å²) in [6, 6.07) is 25.8. The first kappa shape index (κ1) is 21.0. The van der Waals surface area contributed by atoms with Crippen molar-refractivity contribution in [3.05, 3.63) is 102 Å². The highest BCUT2D eigenvalue weighted by atomic mass is 32.2. The van der Waals surface area contributed by atoms with Crippen molar-refractivity contribution in [2.24, 2.45) is 0 Å². The second-order valence-corrected chi connectivity index (χ2v) is 9.20. The van der Waals surface area contributed by atoms with Gasteiger partial charge in [0.15, 0.2) is 0 Å². The summed E-state index contributed by atoms with van der Waals surface area (Å²) in [6.45, 7) is 2.50.